The molecular formula is C20H22N2O3S3. The number of thiazole rings is 1. The van der Waals surface area contributed by atoms with Crippen molar-refractivity contribution in [2.24, 2.45) is 0 Å². The van der Waals surface area contributed by atoms with E-state index in [-0.39, 0.29) is 16.8 Å². The molecule has 1 amide bonds. The largest absolute Gasteiger partial charge is 0.339 e. The number of rotatable bonds is 7. The second-order valence-electron chi connectivity index (χ2n) is 6.57. The summed E-state index contributed by atoms with van der Waals surface area (Å²) in [7, 11) is -1.44. The monoisotopic (exact) mass is 434 g/mol. The van der Waals surface area contributed by atoms with Gasteiger partial charge in [0.05, 0.1) is 21.2 Å². The Balaban J connectivity index is 1.56. The average Bonchev–Trinajstić information content (AvgIpc) is 3.09. The van der Waals surface area contributed by atoms with E-state index in [4.69, 9.17) is 0 Å². The maximum atomic E-state index is 12.5. The number of nitrogens with zero attached hydrogens (tertiary/aromatic N) is 2. The van der Waals surface area contributed by atoms with E-state index in [0.29, 0.717) is 12.2 Å². The fourth-order valence-electron chi connectivity index (χ4n) is 2.75. The fourth-order valence-corrected chi connectivity index (χ4v) is 5.44. The Hall–Kier alpha value is -1.90. The van der Waals surface area contributed by atoms with Gasteiger partial charge < -0.3 is 4.90 Å². The summed E-state index contributed by atoms with van der Waals surface area (Å²) in [6.07, 6.45) is 1.60. The number of benzene rings is 2. The van der Waals surface area contributed by atoms with E-state index in [1.165, 1.54) is 6.26 Å². The molecule has 3 aromatic rings. The topological polar surface area (TPSA) is 67.3 Å². The minimum absolute atomic E-state index is 0.0494. The van der Waals surface area contributed by atoms with Crippen molar-refractivity contribution in [3.63, 3.8) is 0 Å². The number of fused-ring (bicyclic) bond motifs is 1. The van der Waals surface area contributed by atoms with Crippen LogP contribution in [0.2, 0.25) is 0 Å². The molecule has 2 aromatic carbocycles. The van der Waals surface area contributed by atoms with Crippen molar-refractivity contribution in [1.82, 2.24) is 9.88 Å². The molecule has 1 aromatic heterocycles. The first-order valence-corrected chi connectivity index (χ1v) is 12.5. The molecule has 0 saturated carbocycles. The van der Waals surface area contributed by atoms with Crippen LogP contribution in [0, 0.1) is 0 Å². The predicted molar refractivity (Wildman–Crippen MR) is 116 cm³/mol. The number of amides is 1. The molecule has 1 heterocycles. The molecule has 0 fully saturated rings. The van der Waals surface area contributed by atoms with Crippen molar-refractivity contribution in [3.8, 4) is 0 Å². The van der Waals surface area contributed by atoms with Gasteiger partial charge in [-0.15, -0.1) is 11.3 Å². The van der Waals surface area contributed by atoms with Gasteiger partial charge in [0, 0.05) is 25.5 Å². The molecule has 0 radical (unpaired) electrons. The third-order valence-corrected chi connectivity index (χ3v) is 7.89. The van der Waals surface area contributed by atoms with Crippen molar-refractivity contribution in [2.75, 3.05) is 19.1 Å². The van der Waals surface area contributed by atoms with Crippen molar-refractivity contribution in [3.05, 3.63) is 54.1 Å². The summed E-state index contributed by atoms with van der Waals surface area (Å²) in [4.78, 5) is 19.1. The third kappa shape index (κ3) is 4.92. The lowest BCUT2D eigenvalue weighted by molar-refractivity contribution is -0.131. The van der Waals surface area contributed by atoms with Crippen molar-refractivity contribution in [1.29, 1.82) is 0 Å². The first-order chi connectivity index (χ1) is 13.3. The second-order valence-corrected chi connectivity index (χ2v) is 11.0. The zero-order valence-electron chi connectivity index (χ0n) is 16.0. The molecule has 0 spiro atoms. The van der Waals surface area contributed by atoms with Gasteiger partial charge in [-0.3, -0.25) is 4.79 Å². The minimum Gasteiger partial charge on any atom is -0.339 e. The average molecular weight is 435 g/mol. The van der Waals surface area contributed by atoms with Gasteiger partial charge in [0.15, 0.2) is 14.2 Å². The number of hydrogen-bond donors (Lipinski definition) is 0. The molecule has 28 heavy (non-hydrogen) atoms. The summed E-state index contributed by atoms with van der Waals surface area (Å²) >= 11 is 3.24. The Morgan fingerprint density at radius 2 is 1.86 bits per heavy atom. The van der Waals surface area contributed by atoms with Gasteiger partial charge in [-0.2, -0.15) is 0 Å². The van der Waals surface area contributed by atoms with Crippen LogP contribution in [0.3, 0.4) is 0 Å². The smallest absolute Gasteiger partial charge is 0.223 e. The molecule has 0 bridgehead atoms. The maximum absolute atomic E-state index is 12.5. The molecule has 0 aliphatic heterocycles. The molecule has 0 aliphatic rings. The van der Waals surface area contributed by atoms with Gasteiger partial charge in [-0.1, -0.05) is 36.0 Å². The van der Waals surface area contributed by atoms with Crippen molar-refractivity contribution < 1.29 is 13.2 Å². The summed E-state index contributed by atoms with van der Waals surface area (Å²) in [5.41, 5.74) is 1.90. The van der Waals surface area contributed by atoms with Crippen LogP contribution < -0.4 is 0 Å². The lowest BCUT2D eigenvalue weighted by atomic mass is 10.1. The van der Waals surface area contributed by atoms with Gasteiger partial charge in [0.25, 0.3) is 0 Å². The van der Waals surface area contributed by atoms with Crippen LogP contribution in [0.1, 0.15) is 24.9 Å². The molecule has 148 valence electrons. The summed E-state index contributed by atoms with van der Waals surface area (Å²) in [6, 6.07) is 14.6. The van der Waals surface area contributed by atoms with Crippen molar-refractivity contribution in [2.45, 2.75) is 28.6 Å². The highest BCUT2D eigenvalue weighted by atomic mass is 32.2. The van der Waals surface area contributed by atoms with Crippen LogP contribution in [0.5, 0.6) is 0 Å². The summed E-state index contributed by atoms with van der Waals surface area (Å²) in [5, 5.41) is 0. The number of carbonyl (C=O) groups is 1. The van der Waals surface area contributed by atoms with Crippen LogP contribution in [0.4, 0.5) is 0 Å². The normalized spacial score (nSPS) is 12.8. The fraction of sp³-hybridized carbons (Fsp3) is 0.300. The number of sulfone groups is 1. The summed E-state index contributed by atoms with van der Waals surface area (Å²) < 4.78 is 25.3. The maximum Gasteiger partial charge on any atom is 0.223 e. The molecule has 0 saturated heterocycles. The van der Waals surface area contributed by atoms with E-state index in [1.807, 2.05) is 31.2 Å². The Morgan fingerprint density at radius 1 is 1.18 bits per heavy atom. The lowest BCUT2D eigenvalue weighted by Gasteiger charge is -2.25. The Labute approximate surface area is 173 Å². The van der Waals surface area contributed by atoms with Crippen LogP contribution in [0.25, 0.3) is 10.2 Å². The summed E-state index contributed by atoms with van der Waals surface area (Å²) in [5.74, 6) is 0.719. The molecule has 1 atom stereocenters. The molecule has 1 unspecified atom stereocenters. The number of carbonyl (C=O) groups excluding carboxylic acids is 1. The summed E-state index contributed by atoms with van der Waals surface area (Å²) in [6.45, 7) is 1.94. The Morgan fingerprint density at radius 3 is 2.50 bits per heavy atom. The van der Waals surface area contributed by atoms with E-state index >= 15 is 0 Å². The predicted octanol–water partition coefficient (Wildman–Crippen LogP) is 4.40. The van der Waals surface area contributed by atoms with E-state index in [2.05, 4.69) is 4.98 Å². The quantitative estimate of drug-likeness (QED) is 0.516. The molecule has 0 aliphatic carbocycles. The number of thioether (sulfide) groups is 1. The first-order valence-electron chi connectivity index (χ1n) is 8.80. The standard InChI is InChI=1S/C20H22N2O3S3/c1-14(15-8-10-16(11-9-15)28(3,24)25)22(2)19(23)12-13-26-20-21-17-6-4-5-7-18(17)27-20/h4-11,14H,12-13H2,1-3H3. The van der Waals surface area contributed by atoms with Crippen molar-refractivity contribution >= 4 is 49.1 Å². The van der Waals surface area contributed by atoms with Gasteiger partial charge in [0.1, 0.15) is 0 Å². The molecule has 3 rings (SSSR count). The Bertz CT molecular complexity index is 1040. The van der Waals surface area contributed by atoms with Gasteiger partial charge in [0.2, 0.25) is 5.91 Å². The highest BCUT2D eigenvalue weighted by molar-refractivity contribution is 8.01. The molecule has 5 nitrogen and oxygen atoms in total. The van der Waals surface area contributed by atoms with Gasteiger partial charge >= 0.3 is 0 Å². The second kappa shape index (κ2) is 8.63. The van der Waals surface area contributed by atoms with E-state index in [1.54, 1.807) is 59.3 Å². The lowest BCUT2D eigenvalue weighted by Crippen LogP contribution is -2.29. The van der Waals surface area contributed by atoms with Crippen LogP contribution in [0.15, 0.2) is 57.8 Å². The van der Waals surface area contributed by atoms with Crippen LogP contribution >= 0.6 is 23.1 Å². The van der Waals surface area contributed by atoms with E-state index in [9.17, 15) is 13.2 Å². The van der Waals surface area contributed by atoms with E-state index < -0.39 is 9.84 Å². The van der Waals surface area contributed by atoms with Crippen LogP contribution in [-0.2, 0) is 14.6 Å². The molecule has 8 heteroatoms. The number of aromatic nitrogens is 1. The number of para-hydroxylation sites is 1. The Kier molecular flexibility index (Phi) is 6.42. The van der Waals surface area contributed by atoms with Gasteiger partial charge in [-0.05, 0) is 36.8 Å². The zero-order valence-corrected chi connectivity index (χ0v) is 18.4. The zero-order chi connectivity index (χ0) is 20.3. The van der Waals surface area contributed by atoms with Gasteiger partial charge in [-0.25, -0.2) is 13.4 Å². The number of hydrogen-bond acceptors (Lipinski definition) is 6. The highest BCUT2D eigenvalue weighted by Gasteiger charge is 2.18. The SMILES string of the molecule is CC(c1ccc(S(C)(=O)=O)cc1)N(C)C(=O)CCSc1nc2ccccc2s1. The molecular weight excluding hydrogens is 412 g/mol. The highest BCUT2D eigenvalue weighted by Crippen LogP contribution is 2.30. The minimum atomic E-state index is -3.22. The van der Waals surface area contributed by atoms with E-state index in [0.717, 1.165) is 20.1 Å². The first kappa shape index (κ1) is 20.8. The molecule has 0 N–H and O–H groups in total. The third-order valence-electron chi connectivity index (χ3n) is 4.58. The van der Waals surface area contributed by atoms with Crippen LogP contribution in [-0.4, -0.2) is 43.3 Å².